The molecule has 0 N–H and O–H groups in total. The Balaban J connectivity index is 3.09. The first-order valence-corrected chi connectivity index (χ1v) is 9.41. The molecule has 9 heteroatoms. The maximum Gasteiger partial charge on any atom is 0.300 e. The number of hydrogen-bond donors (Lipinski definition) is 0. The topological polar surface area (TPSA) is 80.5 Å². The zero-order valence-corrected chi connectivity index (χ0v) is 14.4. The summed E-state index contributed by atoms with van der Waals surface area (Å²) in [7, 11) is -3.72. The highest BCUT2D eigenvalue weighted by Crippen LogP contribution is 2.37. The maximum absolute atomic E-state index is 12.6. The van der Waals surface area contributed by atoms with Crippen molar-refractivity contribution in [2.75, 3.05) is 13.1 Å². The summed E-state index contributed by atoms with van der Waals surface area (Å²) in [5, 5.41) is 10.8. The van der Waals surface area contributed by atoms with E-state index in [9.17, 15) is 18.5 Å². The summed E-state index contributed by atoms with van der Waals surface area (Å²) in [6.45, 7) is 4.80. The molecular formula is C12H19ClN2O4S2. The standard InChI is InChI=1S/C12H19ClN2O4S2/c1-3-5-7-14(8-6-4-2)21(18,19)11-9-10(15(16)17)12(13)20-11/h9H,3-8H2,1-2H3. The minimum absolute atomic E-state index is 0.0635. The number of nitrogens with zero attached hydrogens (tertiary/aromatic N) is 2. The SMILES string of the molecule is CCCCN(CCCC)S(=O)(=O)c1cc([N+](=O)[O-])c(Cl)s1. The highest BCUT2D eigenvalue weighted by Gasteiger charge is 2.29. The zero-order valence-electron chi connectivity index (χ0n) is 12.0. The van der Waals surface area contributed by atoms with E-state index in [1.165, 1.54) is 4.31 Å². The van der Waals surface area contributed by atoms with Crippen LogP contribution < -0.4 is 0 Å². The van der Waals surface area contributed by atoms with Gasteiger partial charge in [0.05, 0.1) is 4.92 Å². The number of hydrogen-bond acceptors (Lipinski definition) is 5. The van der Waals surface area contributed by atoms with Crippen molar-refractivity contribution in [3.05, 3.63) is 20.5 Å². The Kier molecular flexibility index (Phi) is 7.05. The van der Waals surface area contributed by atoms with Crippen LogP contribution in [-0.2, 0) is 10.0 Å². The van der Waals surface area contributed by atoms with Gasteiger partial charge in [-0.1, -0.05) is 38.3 Å². The first kappa shape index (κ1) is 18.3. The molecule has 0 aliphatic rings. The Bertz CT molecular complexity index is 578. The molecule has 0 fully saturated rings. The molecule has 0 unspecified atom stereocenters. The monoisotopic (exact) mass is 354 g/mol. The third-order valence-corrected chi connectivity index (χ3v) is 6.64. The van der Waals surface area contributed by atoms with E-state index < -0.39 is 14.9 Å². The lowest BCUT2D eigenvalue weighted by Gasteiger charge is -2.20. The molecule has 1 heterocycles. The highest BCUT2D eigenvalue weighted by molar-refractivity contribution is 7.91. The number of rotatable bonds is 9. The second-order valence-electron chi connectivity index (χ2n) is 4.59. The van der Waals surface area contributed by atoms with Gasteiger partial charge in [0.25, 0.3) is 15.7 Å². The van der Waals surface area contributed by atoms with Crippen LogP contribution in [0.3, 0.4) is 0 Å². The van der Waals surface area contributed by atoms with E-state index in [2.05, 4.69) is 0 Å². The molecular weight excluding hydrogens is 336 g/mol. The lowest BCUT2D eigenvalue weighted by atomic mass is 10.3. The summed E-state index contributed by atoms with van der Waals surface area (Å²) < 4.78 is 26.4. The Hall–Kier alpha value is -0.700. The first-order valence-electron chi connectivity index (χ1n) is 6.78. The minimum atomic E-state index is -3.72. The summed E-state index contributed by atoms with van der Waals surface area (Å²) >= 11 is 6.49. The predicted molar refractivity (Wildman–Crippen MR) is 84.6 cm³/mol. The number of sulfonamides is 1. The van der Waals surface area contributed by atoms with Crippen molar-refractivity contribution in [3.8, 4) is 0 Å². The summed E-state index contributed by atoms with van der Waals surface area (Å²) in [5.74, 6) is 0. The smallest absolute Gasteiger partial charge is 0.258 e. The van der Waals surface area contributed by atoms with Crippen molar-refractivity contribution in [3.63, 3.8) is 0 Å². The van der Waals surface area contributed by atoms with Crippen molar-refractivity contribution in [2.45, 2.75) is 43.7 Å². The van der Waals surface area contributed by atoms with Gasteiger partial charge >= 0.3 is 0 Å². The highest BCUT2D eigenvalue weighted by atomic mass is 35.5. The van der Waals surface area contributed by atoms with Gasteiger partial charge in [-0.25, -0.2) is 8.42 Å². The molecule has 1 aromatic rings. The lowest BCUT2D eigenvalue weighted by molar-refractivity contribution is -0.384. The molecule has 6 nitrogen and oxygen atoms in total. The molecule has 21 heavy (non-hydrogen) atoms. The molecule has 0 atom stereocenters. The first-order chi connectivity index (χ1) is 9.84. The van der Waals surface area contributed by atoms with Crippen LogP contribution in [-0.4, -0.2) is 30.7 Å². The molecule has 0 amide bonds. The van der Waals surface area contributed by atoms with Gasteiger partial charge in [0, 0.05) is 19.2 Å². The van der Waals surface area contributed by atoms with Crippen molar-refractivity contribution in [1.29, 1.82) is 0 Å². The van der Waals surface area contributed by atoms with Crippen molar-refractivity contribution < 1.29 is 13.3 Å². The fourth-order valence-corrected chi connectivity index (χ4v) is 5.08. The number of nitro groups is 1. The Labute approximate surface area is 133 Å². The predicted octanol–water partition coefficient (Wildman–Crippen LogP) is 3.90. The van der Waals surface area contributed by atoms with Crippen LogP contribution in [0.25, 0.3) is 0 Å². The number of unbranched alkanes of at least 4 members (excludes halogenated alkanes) is 2. The van der Waals surface area contributed by atoms with Crippen LogP contribution in [0.5, 0.6) is 0 Å². The Morgan fingerprint density at radius 3 is 2.19 bits per heavy atom. The number of halogens is 1. The second kappa shape index (κ2) is 8.07. The maximum atomic E-state index is 12.6. The van der Waals surface area contributed by atoms with Crippen molar-refractivity contribution in [2.24, 2.45) is 0 Å². The van der Waals surface area contributed by atoms with Gasteiger partial charge in [-0.15, -0.1) is 11.3 Å². The van der Waals surface area contributed by atoms with E-state index in [0.29, 0.717) is 13.1 Å². The fourth-order valence-electron chi connectivity index (χ4n) is 1.74. The zero-order chi connectivity index (χ0) is 16.0. The fraction of sp³-hybridized carbons (Fsp3) is 0.667. The van der Waals surface area contributed by atoms with Gasteiger partial charge < -0.3 is 0 Å². The summed E-state index contributed by atoms with van der Waals surface area (Å²) in [6, 6.07) is 1.05. The van der Waals surface area contributed by atoms with Gasteiger partial charge in [0.15, 0.2) is 4.34 Å². The van der Waals surface area contributed by atoms with Gasteiger partial charge in [0.2, 0.25) is 0 Å². The quantitative estimate of drug-likeness (QED) is 0.497. The molecule has 0 aliphatic carbocycles. The molecule has 120 valence electrons. The van der Waals surface area contributed by atoms with Gasteiger partial charge in [-0.2, -0.15) is 4.31 Å². The van der Waals surface area contributed by atoms with Crippen LogP contribution in [0.4, 0.5) is 5.69 Å². The van der Waals surface area contributed by atoms with Crippen LogP contribution in [0, 0.1) is 10.1 Å². The van der Waals surface area contributed by atoms with Crippen molar-refractivity contribution in [1.82, 2.24) is 4.31 Å². The van der Waals surface area contributed by atoms with E-state index in [1.807, 2.05) is 13.8 Å². The number of thiophene rings is 1. The van der Waals surface area contributed by atoms with Gasteiger partial charge in [-0.05, 0) is 12.8 Å². The normalized spacial score (nSPS) is 12.0. The van der Waals surface area contributed by atoms with E-state index in [0.717, 1.165) is 43.1 Å². The van der Waals surface area contributed by atoms with E-state index >= 15 is 0 Å². The Morgan fingerprint density at radius 1 is 1.29 bits per heavy atom. The Morgan fingerprint density at radius 2 is 1.81 bits per heavy atom. The molecule has 0 saturated carbocycles. The van der Waals surface area contributed by atoms with E-state index in [-0.39, 0.29) is 14.2 Å². The van der Waals surface area contributed by atoms with E-state index in [4.69, 9.17) is 11.6 Å². The van der Waals surface area contributed by atoms with Crippen molar-refractivity contribution >= 4 is 38.6 Å². The average molecular weight is 355 g/mol. The third kappa shape index (κ3) is 4.64. The molecule has 0 bridgehead atoms. The summed E-state index contributed by atoms with van der Waals surface area (Å²) in [6.07, 6.45) is 3.27. The molecule has 0 aromatic carbocycles. The molecule has 0 saturated heterocycles. The molecule has 1 aromatic heterocycles. The van der Waals surface area contributed by atoms with Crippen LogP contribution in [0.2, 0.25) is 4.34 Å². The lowest BCUT2D eigenvalue weighted by Crippen LogP contribution is -2.32. The second-order valence-corrected chi connectivity index (χ2v) is 8.41. The van der Waals surface area contributed by atoms with Crippen LogP contribution >= 0.6 is 22.9 Å². The molecule has 0 spiro atoms. The molecule has 0 aliphatic heterocycles. The third-order valence-electron chi connectivity index (χ3n) is 2.96. The minimum Gasteiger partial charge on any atom is -0.258 e. The van der Waals surface area contributed by atoms with Crippen LogP contribution in [0.15, 0.2) is 10.3 Å². The van der Waals surface area contributed by atoms with E-state index in [1.54, 1.807) is 0 Å². The molecule has 0 radical (unpaired) electrons. The average Bonchev–Trinajstić information content (AvgIpc) is 2.81. The summed E-state index contributed by atoms with van der Waals surface area (Å²) in [5.41, 5.74) is -0.355. The van der Waals surface area contributed by atoms with Gasteiger partial charge in [0.1, 0.15) is 4.21 Å². The van der Waals surface area contributed by atoms with Gasteiger partial charge in [-0.3, -0.25) is 10.1 Å². The van der Waals surface area contributed by atoms with Crippen LogP contribution in [0.1, 0.15) is 39.5 Å². The summed E-state index contributed by atoms with van der Waals surface area (Å²) in [4.78, 5) is 10.1. The largest absolute Gasteiger partial charge is 0.300 e. The molecule has 1 rings (SSSR count).